The molecule has 0 aliphatic rings. The van der Waals surface area contributed by atoms with Crippen LogP contribution in [-0.4, -0.2) is 21.4 Å². The van der Waals surface area contributed by atoms with Gasteiger partial charge in [0, 0.05) is 11.5 Å². The molecule has 1 aromatic carbocycles. The molecule has 0 spiro atoms. The minimum absolute atomic E-state index is 0.273. The van der Waals surface area contributed by atoms with E-state index in [1.54, 1.807) is 20.8 Å². The third-order valence-corrected chi connectivity index (χ3v) is 2.32. The Morgan fingerprint density at radius 2 is 2.00 bits per heavy atom. The van der Waals surface area contributed by atoms with E-state index < -0.39 is 17.5 Å². The molecule has 0 aliphatic carbocycles. The van der Waals surface area contributed by atoms with Crippen molar-refractivity contribution < 1.29 is 19.0 Å². The maximum absolute atomic E-state index is 13.0. The largest absolute Gasteiger partial charge is 0.494 e. The molecule has 0 amide bonds. The monoisotopic (exact) mass is 251 g/mol. The van der Waals surface area contributed by atoms with E-state index in [0.29, 0.717) is 10.9 Å². The van der Waals surface area contributed by atoms with E-state index in [0.717, 1.165) is 4.57 Å². The van der Waals surface area contributed by atoms with Crippen molar-refractivity contribution in [3.63, 3.8) is 0 Å². The summed E-state index contributed by atoms with van der Waals surface area (Å²) in [6.45, 7) is 5.19. The van der Waals surface area contributed by atoms with E-state index in [4.69, 9.17) is 4.74 Å². The van der Waals surface area contributed by atoms with Gasteiger partial charge in [0.25, 0.3) is 0 Å². The third kappa shape index (κ3) is 2.30. The van der Waals surface area contributed by atoms with E-state index in [1.807, 2.05) is 0 Å². The normalized spacial score (nSPS) is 11.8. The second-order valence-corrected chi connectivity index (χ2v) is 5.02. The zero-order chi connectivity index (χ0) is 13.5. The fraction of sp³-hybridized carbons (Fsp3) is 0.308. The second-order valence-electron chi connectivity index (χ2n) is 5.02. The van der Waals surface area contributed by atoms with Gasteiger partial charge in [-0.1, -0.05) is 0 Å². The van der Waals surface area contributed by atoms with Crippen molar-refractivity contribution in [2.75, 3.05) is 0 Å². The summed E-state index contributed by atoms with van der Waals surface area (Å²) in [7, 11) is 0. The quantitative estimate of drug-likeness (QED) is 0.781. The zero-order valence-corrected chi connectivity index (χ0v) is 10.4. The fourth-order valence-corrected chi connectivity index (χ4v) is 1.67. The highest BCUT2D eigenvalue weighted by molar-refractivity contribution is 5.92. The number of carbonyl (C=O) groups is 1. The molecule has 0 unspecified atom stereocenters. The highest BCUT2D eigenvalue weighted by Crippen LogP contribution is 2.26. The van der Waals surface area contributed by atoms with Crippen molar-refractivity contribution in [2.24, 2.45) is 0 Å². The first-order valence-electron chi connectivity index (χ1n) is 5.51. The molecule has 18 heavy (non-hydrogen) atoms. The van der Waals surface area contributed by atoms with Crippen LogP contribution in [0.2, 0.25) is 0 Å². The summed E-state index contributed by atoms with van der Waals surface area (Å²) in [4.78, 5) is 11.9. The molecule has 5 heteroatoms. The number of ether oxygens (including phenoxy) is 1. The van der Waals surface area contributed by atoms with Crippen LogP contribution in [0.4, 0.5) is 9.18 Å². The Labute approximate surface area is 104 Å². The van der Waals surface area contributed by atoms with Gasteiger partial charge in [0.2, 0.25) is 5.88 Å². The Kier molecular flexibility index (Phi) is 2.77. The molecule has 0 fully saturated rings. The molecular formula is C13H14FNO3. The van der Waals surface area contributed by atoms with Gasteiger partial charge in [-0.05, 0) is 39.0 Å². The van der Waals surface area contributed by atoms with Crippen molar-refractivity contribution in [3.8, 4) is 5.88 Å². The molecule has 0 bridgehead atoms. The number of hydrogen-bond donors (Lipinski definition) is 1. The lowest BCUT2D eigenvalue weighted by molar-refractivity contribution is 0.0533. The Morgan fingerprint density at radius 1 is 1.33 bits per heavy atom. The molecule has 0 saturated heterocycles. The van der Waals surface area contributed by atoms with Crippen LogP contribution in [0.5, 0.6) is 5.88 Å². The number of aromatic hydroxyl groups is 1. The number of rotatable bonds is 0. The predicted molar refractivity (Wildman–Crippen MR) is 65.2 cm³/mol. The fourth-order valence-electron chi connectivity index (χ4n) is 1.67. The predicted octanol–water partition coefficient (Wildman–Crippen LogP) is 3.27. The molecular weight excluding hydrogens is 237 g/mol. The van der Waals surface area contributed by atoms with Gasteiger partial charge in [0.05, 0.1) is 5.52 Å². The molecule has 0 radical (unpaired) electrons. The van der Waals surface area contributed by atoms with Crippen LogP contribution in [0.1, 0.15) is 20.8 Å². The van der Waals surface area contributed by atoms with Crippen molar-refractivity contribution >= 4 is 17.0 Å². The van der Waals surface area contributed by atoms with Gasteiger partial charge in [0.1, 0.15) is 11.4 Å². The number of aromatic nitrogens is 1. The first-order valence-corrected chi connectivity index (χ1v) is 5.51. The molecule has 0 saturated carbocycles. The average molecular weight is 251 g/mol. The Morgan fingerprint density at radius 3 is 2.61 bits per heavy atom. The Balaban J connectivity index is 2.51. The summed E-state index contributed by atoms with van der Waals surface area (Å²) in [6, 6.07) is 5.22. The van der Waals surface area contributed by atoms with Crippen molar-refractivity contribution in [3.05, 3.63) is 30.1 Å². The maximum atomic E-state index is 13.0. The molecule has 0 aliphatic heterocycles. The lowest BCUT2D eigenvalue weighted by atomic mass is 10.2. The Bertz CT molecular complexity index is 610. The van der Waals surface area contributed by atoms with E-state index in [1.165, 1.54) is 24.3 Å². The van der Waals surface area contributed by atoms with Crippen LogP contribution in [0.3, 0.4) is 0 Å². The molecule has 96 valence electrons. The minimum Gasteiger partial charge on any atom is -0.494 e. The molecule has 2 aromatic rings. The van der Waals surface area contributed by atoms with Crippen molar-refractivity contribution in [2.45, 2.75) is 26.4 Å². The summed E-state index contributed by atoms with van der Waals surface area (Å²) < 4.78 is 19.2. The topological polar surface area (TPSA) is 51.5 Å². The molecule has 1 aromatic heterocycles. The van der Waals surface area contributed by atoms with Gasteiger partial charge >= 0.3 is 6.09 Å². The van der Waals surface area contributed by atoms with E-state index in [9.17, 15) is 14.3 Å². The highest BCUT2D eigenvalue weighted by atomic mass is 19.1. The number of hydrogen-bond acceptors (Lipinski definition) is 3. The minimum atomic E-state index is -0.693. The summed E-state index contributed by atoms with van der Waals surface area (Å²) >= 11 is 0. The van der Waals surface area contributed by atoms with Crippen molar-refractivity contribution in [1.82, 2.24) is 4.57 Å². The summed E-state index contributed by atoms with van der Waals surface area (Å²) in [5, 5.41) is 10.2. The second kappa shape index (κ2) is 4.01. The summed E-state index contributed by atoms with van der Waals surface area (Å²) in [6.07, 6.45) is -0.693. The van der Waals surface area contributed by atoms with E-state index >= 15 is 0 Å². The van der Waals surface area contributed by atoms with E-state index in [2.05, 4.69) is 0 Å². The van der Waals surface area contributed by atoms with Gasteiger partial charge in [-0.25, -0.2) is 13.8 Å². The standard InChI is InChI=1S/C13H14FNO3/c1-13(2,3)18-12(17)15-10-5-4-9(14)6-8(10)7-11(15)16/h4-7,16H,1-3H3. The number of fused-ring (bicyclic) bond motifs is 1. The lowest BCUT2D eigenvalue weighted by Crippen LogP contribution is -2.26. The molecule has 2 rings (SSSR count). The van der Waals surface area contributed by atoms with Crippen LogP contribution in [-0.2, 0) is 4.74 Å². The molecule has 4 nitrogen and oxygen atoms in total. The van der Waals surface area contributed by atoms with Crippen LogP contribution in [0.25, 0.3) is 10.9 Å². The van der Waals surface area contributed by atoms with Gasteiger partial charge < -0.3 is 9.84 Å². The first-order chi connectivity index (χ1) is 8.28. The zero-order valence-electron chi connectivity index (χ0n) is 10.4. The third-order valence-electron chi connectivity index (χ3n) is 2.32. The highest BCUT2D eigenvalue weighted by Gasteiger charge is 2.21. The number of benzene rings is 1. The van der Waals surface area contributed by atoms with Gasteiger partial charge in [-0.15, -0.1) is 0 Å². The maximum Gasteiger partial charge on any atom is 0.421 e. The van der Waals surface area contributed by atoms with Crippen molar-refractivity contribution in [1.29, 1.82) is 0 Å². The van der Waals surface area contributed by atoms with Crippen LogP contribution in [0, 0.1) is 5.82 Å². The van der Waals surface area contributed by atoms with Crippen LogP contribution in [0.15, 0.2) is 24.3 Å². The molecule has 1 heterocycles. The number of halogens is 1. The SMILES string of the molecule is CC(C)(C)OC(=O)n1c(O)cc2cc(F)ccc21. The van der Waals surface area contributed by atoms with Gasteiger partial charge in [0.15, 0.2) is 0 Å². The number of nitrogens with zero attached hydrogens (tertiary/aromatic N) is 1. The van der Waals surface area contributed by atoms with Gasteiger partial charge in [-0.2, -0.15) is 0 Å². The molecule has 1 N–H and O–H groups in total. The summed E-state index contributed by atoms with van der Waals surface area (Å²) in [5.74, 6) is -0.700. The summed E-state index contributed by atoms with van der Waals surface area (Å²) in [5.41, 5.74) is -0.261. The average Bonchev–Trinajstić information content (AvgIpc) is 2.50. The van der Waals surface area contributed by atoms with Gasteiger partial charge in [-0.3, -0.25) is 0 Å². The number of carbonyl (C=O) groups excluding carboxylic acids is 1. The smallest absolute Gasteiger partial charge is 0.421 e. The first kappa shape index (κ1) is 12.4. The van der Waals surface area contributed by atoms with Crippen LogP contribution < -0.4 is 0 Å². The lowest BCUT2D eigenvalue weighted by Gasteiger charge is -2.20. The molecule has 0 atom stereocenters. The van der Waals surface area contributed by atoms with Crippen LogP contribution >= 0.6 is 0 Å². The Hall–Kier alpha value is -2.04. The van der Waals surface area contributed by atoms with E-state index in [-0.39, 0.29) is 5.88 Å².